The molecule has 0 aliphatic rings. The van der Waals surface area contributed by atoms with Crippen LogP contribution in [0.2, 0.25) is 0 Å². The second-order valence-corrected chi connectivity index (χ2v) is 5.55. The molecule has 0 radical (unpaired) electrons. The van der Waals surface area contributed by atoms with Gasteiger partial charge in [-0.3, -0.25) is 0 Å². The van der Waals surface area contributed by atoms with Crippen LogP contribution >= 0.6 is 0 Å². The topological polar surface area (TPSA) is 20.2 Å². The van der Waals surface area contributed by atoms with Gasteiger partial charge in [-0.25, -0.2) is 0 Å². The minimum absolute atomic E-state index is 0. The summed E-state index contributed by atoms with van der Waals surface area (Å²) in [6.45, 7) is 8.51. The molecule has 1 aromatic rings. The van der Waals surface area contributed by atoms with Crippen LogP contribution in [0.25, 0.3) is 0 Å². The summed E-state index contributed by atoms with van der Waals surface area (Å²) in [4.78, 5) is 0. The summed E-state index contributed by atoms with van der Waals surface area (Å²) in [6.07, 6.45) is 12.5. The van der Waals surface area contributed by atoms with Gasteiger partial charge in [-0.05, 0) is 0 Å². The fourth-order valence-electron chi connectivity index (χ4n) is 1.98. The molecule has 1 atom stereocenters. The summed E-state index contributed by atoms with van der Waals surface area (Å²) in [6, 6.07) is 9.39. The third-order valence-corrected chi connectivity index (χ3v) is 3.49. The fraction of sp³-hybridized carbons (Fsp3) is 0.632. The van der Waals surface area contributed by atoms with E-state index in [1.165, 1.54) is 51.4 Å². The molecule has 1 N–H and O–H groups in total. The number of phenols is 1. The van der Waals surface area contributed by atoms with Gasteiger partial charge in [0.2, 0.25) is 0 Å². The minimum Gasteiger partial charge on any atom is -0.534 e. The summed E-state index contributed by atoms with van der Waals surface area (Å²) in [7, 11) is 0. The quantitative estimate of drug-likeness (QED) is 0.421. The van der Waals surface area contributed by atoms with E-state index >= 15 is 0 Å². The first kappa shape index (κ1) is 23.9. The second kappa shape index (κ2) is 18.7. The van der Waals surface area contributed by atoms with Crippen LogP contribution in [0.3, 0.4) is 0 Å². The van der Waals surface area contributed by atoms with Crippen molar-refractivity contribution in [2.24, 2.45) is 5.92 Å². The van der Waals surface area contributed by atoms with E-state index in [1.54, 1.807) is 24.3 Å². The monoisotopic (exact) mass is 315 g/mol. The van der Waals surface area contributed by atoms with Crippen LogP contribution in [0.4, 0.5) is 0 Å². The Hall–Kier alpha value is 0.656. The van der Waals surface area contributed by atoms with Crippen molar-refractivity contribution in [1.82, 2.24) is 0 Å². The summed E-state index contributed by atoms with van der Waals surface area (Å²) in [5, 5.41) is 8.58. The van der Waals surface area contributed by atoms with Crippen molar-refractivity contribution in [1.29, 1.82) is 0 Å². The molecule has 1 rings (SSSR count). The zero-order valence-corrected chi connectivity index (χ0v) is 17.5. The predicted octanol–water partition coefficient (Wildman–Crippen LogP) is 3.18. The molecule has 0 saturated heterocycles. The molecule has 116 valence electrons. The normalized spacial score (nSPS) is 11.0. The van der Waals surface area contributed by atoms with Crippen LogP contribution in [-0.4, -0.2) is 5.11 Å². The van der Waals surface area contributed by atoms with Gasteiger partial charge in [0, 0.05) is 5.75 Å². The fourth-order valence-corrected chi connectivity index (χ4v) is 1.98. The third-order valence-electron chi connectivity index (χ3n) is 3.49. The van der Waals surface area contributed by atoms with Crippen molar-refractivity contribution < 1.29 is 56.5 Å². The first-order valence-corrected chi connectivity index (χ1v) is 8.15. The Kier molecular flexibility index (Phi) is 21.3. The Morgan fingerprint density at radius 1 is 1.10 bits per heavy atom. The number of phenolic OH excluding ortho intramolecular Hbond substituents is 1. The summed E-state index contributed by atoms with van der Waals surface area (Å²) < 4.78 is 0. The van der Waals surface area contributed by atoms with Gasteiger partial charge < -0.3 is 12.0 Å². The smallest absolute Gasteiger partial charge is 0.534 e. The van der Waals surface area contributed by atoms with E-state index in [-0.39, 0.29) is 57.1 Å². The summed E-state index contributed by atoms with van der Waals surface area (Å²) >= 11 is 0. The molecule has 1 aromatic carbocycles. The van der Waals surface area contributed by atoms with Gasteiger partial charge in [0.15, 0.2) is 0 Å². The Labute approximate surface area is 175 Å². The van der Waals surface area contributed by atoms with Gasteiger partial charge in [-0.1, -0.05) is 71.1 Å². The molecule has 21 heavy (non-hydrogen) atoms. The minimum atomic E-state index is 0. The van der Waals surface area contributed by atoms with E-state index in [2.05, 4.69) is 26.8 Å². The van der Waals surface area contributed by atoms with Crippen molar-refractivity contribution in [2.45, 2.75) is 71.6 Å². The van der Waals surface area contributed by atoms with Gasteiger partial charge in [0.05, 0.1) is 0 Å². The molecule has 2 heteroatoms. The van der Waals surface area contributed by atoms with Gasteiger partial charge in [-0.15, -0.1) is 12.1 Å². The van der Waals surface area contributed by atoms with Crippen molar-refractivity contribution in [3.8, 4) is 5.75 Å². The van der Waals surface area contributed by atoms with Crippen LogP contribution in [0.1, 0.15) is 71.6 Å². The molecule has 0 heterocycles. The van der Waals surface area contributed by atoms with E-state index in [1.807, 2.05) is 0 Å². The Morgan fingerprint density at radius 2 is 1.71 bits per heavy atom. The molecule has 0 fully saturated rings. The zero-order valence-electron chi connectivity index (χ0n) is 14.4. The first-order valence-electron chi connectivity index (χ1n) is 8.15. The number of benzene rings is 1. The SMILES string of the molecule is Oc1[c-]cccc1.[CH2-]CC(C)CCCCCCCCC.[K+]. The van der Waals surface area contributed by atoms with Gasteiger partial charge >= 0.3 is 51.4 Å². The van der Waals surface area contributed by atoms with Crippen LogP contribution in [0.5, 0.6) is 5.75 Å². The number of rotatable bonds is 9. The Balaban J connectivity index is 0. The summed E-state index contributed by atoms with van der Waals surface area (Å²) in [5.74, 6) is 1.04. The largest absolute Gasteiger partial charge is 1.00 e. The first-order chi connectivity index (χ1) is 9.70. The molecule has 1 nitrogen and oxygen atoms in total. The maximum atomic E-state index is 8.58. The number of hydrogen-bond acceptors (Lipinski definition) is 1. The van der Waals surface area contributed by atoms with Gasteiger partial charge in [0.25, 0.3) is 0 Å². The number of hydrogen-bond donors (Lipinski definition) is 1. The number of aromatic hydroxyl groups is 1. The molecule has 0 aliphatic heterocycles. The van der Waals surface area contributed by atoms with E-state index in [0.717, 1.165) is 12.3 Å². The number of para-hydroxylation sites is 1. The standard InChI is InChI=1S/C13H27.C6H5O.K/c1-4-6-7-8-9-10-11-12-13(3)5-2;7-6-4-2-1-3-5-6;/h13H,2,4-12H2,1,3H3;1-4,7H;/q2*-1;+1. The summed E-state index contributed by atoms with van der Waals surface area (Å²) in [5.41, 5.74) is 0. The molecule has 1 unspecified atom stereocenters. The molecule has 0 aliphatic carbocycles. The van der Waals surface area contributed by atoms with Crippen molar-refractivity contribution in [3.05, 3.63) is 37.3 Å². The molecule has 0 amide bonds. The molecule has 0 spiro atoms. The second-order valence-electron chi connectivity index (χ2n) is 5.55. The third kappa shape index (κ3) is 18.6. The Morgan fingerprint density at radius 3 is 2.14 bits per heavy atom. The van der Waals surface area contributed by atoms with Crippen LogP contribution < -0.4 is 51.4 Å². The van der Waals surface area contributed by atoms with Crippen molar-refractivity contribution in [3.63, 3.8) is 0 Å². The molecular weight excluding hydrogens is 283 g/mol. The van der Waals surface area contributed by atoms with E-state index in [9.17, 15) is 0 Å². The predicted molar refractivity (Wildman–Crippen MR) is 88.7 cm³/mol. The van der Waals surface area contributed by atoms with E-state index in [4.69, 9.17) is 5.11 Å². The molecule has 0 aromatic heterocycles. The van der Waals surface area contributed by atoms with Crippen LogP contribution in [0, 0.1) is 18.9 Å². The van der Waals surface area contributed by atoms with Crippen molar-refractivity contribution in [2.75, 3.05) is 0 Å². The van der Waals surface area contributed by atoms with Gasteiger partial charge in [0.1, 0.15) is 0 Å². The zero-order chi connectivity index (χ0) is 15.1. The van der Waals surface area contributed by atoms with Crippen molar-refractivity contribution >= 4 is 0 Å². The average Bonchev–Trinajstić information content (AvgIpc) is 2.47. The molecular formula is C19H32KO-. The van der Waals surface area contributed by atoms with E-state index in [0.29, 0.717) is 0 Å². The maximum absolute atomic E-state index is 8.58. The van der Waals surface area contributed by atoms with Gasteiger partial charge in [-0.2, -0.15) is 24.6 Å². The van der Waals surface area contributed by atoms with E-state index < -0.39 is 0 Å². The number of unbranched alkanes of at least 4 members (excludes halogenated alkanes) is 6. The van der Waals surface area contributed by atoms with Crippen LogP contribution in [0.15, 0.2) is 24.3 Å². The van der Waals surface area contributed by atoms with Crippen LogP contribution in [-0.2, 0) is 0 Å². The average molecular weight is 316 g/mol. The maximum Gasteiger partial charge on any atom is 1.00 e. The molecule has 0 saturated carbocycles. The molecule has 0 bridgehead atoms. The Bertz CT molecular complexity index is 287.